The first-order chi connectivity index (χ1) is 9.23. The number of aliphatic hydroxyl groups is 1. The summed E-state index contributed by atoms with van der Waals surface area (Å²) in [6.07, 6.45) is 7.02. The van der Waals surface area contributed by atoms with Crippen LogP contribution in [0, 0.1) is 0 Å². The van der Waals surface area contributed by atoms with Crippen LogP contribution in [0.25, 0.3) is 11.0 Å². The van der Waals surface area contributed by atoms with E-state index >= 15 is 0 Å². The number of fused-ring (bicyclic) bond motifs is 3. The van der Waals surface area contributed by atoms with Gasteiger partial charge in [-0.25, -0.2) is 0 Å². The second kappa shape index (κ2) is 4.09. The van der Waals surface area contributed by atoms with Gasteiger partial charge < -0.3 is 14.8 Å². The topological polar surface area (TPSA) is 45.4 Å². The van der Waals surface area contributed by atoms with Crippen LogP contribution >= 0.6 is 0 Å². The van der Waals surface area contributed by atoms with Crippen molar-refractivity contribution in [2.45, 2.75) is 49.8 Å². The highest BCUT2D eigenvalue weighted by Gasteiger charge is 2.41. The Hall–Kier alpha value is -1.32. The molecule has 2 saturated heterocycles. The monoisotopic (exact) mass is 257 g/mol. The molecule has 2 aliphatic rings. The van der Waals surface area contributed by atoms with Crippen molar-refractivity contribution in [2.24, 2.45) is 0 Å². The van der Waals surface area contributed by atoms with Gasteiger partial charge in [-0.1, -0.05) is 12.5 Å². The lowest BCUT2D eigenvalue weighted by Gasteiger charge is -2.45. The molecule has 3 nitrogen and oxygen atoms in total. The first-order valence-electron chi connectivity index (χ1n) is 7.19. The Bertz CT molecular complexity index is 592. The van der Waals surface area contributed by atoms with Crippen LogP contribution in [0.3, 0.4) is 0 Å². The van der Waals surface area contributed by atoms with E-state index in [-0.39, 0.29) is 0 Å². The van der Waals surface area contributed by atoms with Crippen LogP contribution in [0.4, 0.5) is 0 Å². The Balaban J connectivity index is 1.72. The maximum Gasteiger partial charge on any atom is 0.133 e. The van der Waals surface area contributed by atoms with E-state index in [0.29, 0.717) is 12.1 Å². The molecule has 0 radical (unpaired) electrons. The molecule has 3 heterocycles. The summed E-state index contributed by atoms with van der Waals surface area (Å²) in [5.41, 5.74) is 1.26. The summed E-state index contributed by atoms with van der Waals surface area (Å²) in [5, 5.41) is 15.8. The standard InChI is InChI=1S/C16H19NO2/c18-16(9-13-2-1-3-14(10-16)17-13)12-4-5-15-11(8-12)6-7-19-15/h4-8,13-14,17-18H,1-3,9-10H2. The van der Waals surface area contributed by atoms with Crippen molar-refractivity contribution in [1.29, 1.82) is 0 Å². The van der Waals surface area contributed by atoms with Crippen molar-refractivity contribution in [3.8, 4) is 0 Å². The maximum absolute atomic E-state index is 11.1. The number of rotatable bonds is 1. The maximum atomic E-state index is 11.1. The van der Waals surface area contributed by atoms with E-state index in [2.05, 4.69) is 11.4 Å². The van der Waals surface area contributed by atoms with Gasteiger partial charge in [0.1, 0.15) is 5.58 Å². The van der Waals surface area contributed by atoms with Gasteiger partial charge in [0.15, 0.2) is 0 Å². The van der Waals surface area contributed by atoms with Gasteiger partial charge in [0.25, 0.3) is 0 Å². The zero-order valence-corrected chi connectivity index (χ0v) is 10.9. The lowest BCUT2D eigenvalue weighted by molar-refractivity contribution is -0.0357. The molecular formula is C16H19NO2. The molecule has 0 amide bonds. The highest BCUT2D eigenvalue weighted by molar-refractivity contribution is 5.78. The van der Waals surface area contributed by atoms with Gasteiger partial charge in [-0.2, -0.15) is 0 Å². The van der Waals surface area contributed by atoms with Crippen molar-refractivity contribution in [3.05, 3.63) is 36.1 Å². The van der Waals surface area contributed by atoms with Crippen LogP contribution < -0.4 is 5.32 Å². The Morgan fingerprint density at radius 2 is 1.95 bits per heavy atom. The van der Waals surface area contributed by atoms with E-state index < -0.39 is 5.60 Å². The molecule has 0 saturated carbocycles. The highest BCUT2D eigenvalue weighted by Crippen LogP contribution is 2.40. The molecule has 0 spiro atoms. The Labute approximate surface area is 112 Å². The Morgan fingerprint density at radius 3 is 2.74 bits per heavy atom. The molecule has 0 aliphatic carbocycles. The molecule has 4 rings (SSSR count). The van der Waals surface area contributed by atoms with Crippen molar-refractivity contribution in [2.75, 3.05) is 0 Å². The van der Waals surface area contributed by atoms with Gasteiger partial charge in [-0.05, 0) is 49.4 Å². The molecule has 2 aromatic rings. The van der Waals surface area contributed by atoms with Gasteiger partial charge in [0.2, 0.25) is 0 Å². The number of hydrogen-bond donors (Lipinski definition) is 2. The SMILES string of the molecule is OC1(c2ccc3occc3c2)CC2CCCC(C1)N2. The lowest BCUT2D eigenvalue weighted by Crippen LogP contribution is -2.54. The van der Waals surface area contributed by atoms with Gasteiger partial charge in [0.05, 0.1) is 11.9 Å². The van der Waals surface area contributed by atoms with Crippen molar-refractivity contribution < 1.29 is 9.52 Å². The van der Waals surface area contributed by atoms with Crippen LogP contribution in [-0.4, -0.2) is 17.2 Å². The second-order valence-corrected chi connectivity index (χ2v) is 6.10. The fraction of sp³-hybridized carbons (Fsp3) is 0.500. The van der Waals surface area contributed by atoms with E-state index in [4.69, 9.17) is 4.42 Å². The van der Waals surface area contributed by atoms with Crippen molar-refractivity contribution >= 4 is 11.0 Å². The van der Waals surface area contributed by atoms with Gasteiger partial charge in [-0.15, -0.1) is 0 Å². The number of piperidine rings is 2. The van der Waals surface area contributed by atoms with Crippen molar-refractivity contribution in [1.82, 2.24) is 5.32 Å². The van der Waals surface area contributed by atoms with Crippen LogP contribution in [0.5, 0.6) is 0 Å². The van der Waals surface area contributed by atoms with Crippen molar-refractivity contribution in [3.63, 3.8) is 0 Å². The van der Waals surface area contributed by atoms with Crippen LogP contribution in [0.1, 0.15) is 37.7 Å². The third kappa shape index (κ3) is 1.88. The van der Waals surface area contributed by atoms with Gasteiger partial charge >= 0.3 is 0 Å². The fourth-order valence-corrected chi connectivity index (χ4v) is 3.82. The molecule has 2 fully saturated rings. The quantitative estimate of drug-likeness (QED) is 0.825. The molecule has 19 heavy (non-hydrogen) atoms. The normalized spacial score (nSPS) is 34.6. The van der Waals surface area contributed by atoms with E-state index in [1.807, 2.05) is 18.2 Å². The number of furan rings is 1. The summed E-state index contributed by atoms with van der Waals surface area (Å²) in [6, 6.07) is 8.98. The van der Waals surface area contributed by atoms with Gasteiger partial charge in [-0.3, -0.25) is 0 Å². The molecule has 2 bridgehead atoms. The van der Waals surface area contributed by atoms with E-state index in [1.165, 1.54) is 19.3 Å². The Kier molecular flexibility index (Phi) is 2.47. The minimum atomic E-state index is -0.674. The third-order valence-electron chi connectivity index (χ3n) is 4.73. The molecule has 1 aromatic carbocycles. The molecule has 2 atom stereocenters. The van der Waals surface area contributed by atoms with Crippen LogP contribution in [0.2, 0.25) is 0 Å². The largest absolute Gasteiger partial charge is 0.464 e. The average molecular weight is 257 g/mol. The summed E-state index contributed by atoms with van der Waals surface area (Å²) >= 11 is 0. The summed E-state index contributed by atoms with van der Waals surface area (Å²) in [4.78, 5) is 0. The second-order valence-electron chi connectivity index (χ2n) is 6.10. The first-order valence-corrected chi connectivity index (χ1v) is 7.19. The molecule has 100 valence electrons. The Morgan fingerprint density at radius 1 is 1.16 bits per heavy atom. The minimum absolute atomic E-state index is 0.470. The number of nitrogens with one attached hydrogen (secondary N) is 1. The molecule has 2 N–H and O–H groups in total. The zero-order chi connectivity index (χ0) is 12.9. The predicted octanol–water partition coefficient (Wildman–Crippen LogP) is 2.92. The van der Waals surface area contributed by atoms with E-state index in [0.717, 1.165) is 29.4 Å². The minimum Gasteiger partial charge on any atom is -0.464 e. The lowest BCUT2D eigenvalue weighted by atomic mass is 9.74. The van der Waals surface area contributed by atoms with E-state index in [1.54, 1.807) is 6.26 Å². The fourth-order valence-electron chi connectivity index (χ4n) is 3.82. The summed E-state index contributed by atoms with van der Waals surface area (Å²) in [5.74, 6) is 0. The third-order valence-corrected chi connectivity index (χ3v) is 4.73. The highest BCUT2D eigenvalue weighted by atomic mass is 16.3. The summed E-state index contributed by atoms with van der Waals surface area (Å²) in [7, 11) is 0. The smallest absolute Gasteiger partial charge is 0.133 e. The van der Waals surface area contributed by atoms with Gasteiger partial charge in [0, 0.05) is 17.5 Å². The summed E-state index contributed by atoms with van der Waals surface area (Å²) in [6.45, 7) is 0. The number of benzene rings is 1. The predicted molar refractivity (Wildman–Crippen MR) is 73.9 cm³/mol. The molecule has 3 heteroatoms. The van der Waals surface area contributed by atoms with Crippen LogP contribution in [0.15, 0.2) is 34.9 Å². The molecule has 2 aliphatic heterocycles. The van der Waals surface area contributed by atoms with Crippen LogP contribution in [-0.2, 0) is 5.60 Å². The zero-order valence-electron chi connectivity index (χ0n) is 10.9. The average Bonchev–Trinajstić information content (AvgIpc) is 2.85. The molecule has 2 unspecified atom stereocenters. The first kappa shape index (κ1) is 11.5. The summed E-state index contributed by atoms with van der Waals surface area (Å²) < 4.78 is 5.37. The van der Waals surface area contributed by atoms with E-state index in [9.17, 15) is 5.11 Å². The molecular weight excluding hydrogens is 238 g/mol. The molecule has 1 aromatic heterocycles. The number of hydrogen-bond acceptors (Lipinski definition) is 3.